The van der Waals surface area contributed by atoms with E-state index in [0.29, 0.717) is 12.3 Å². The Hall–Kier alpha value is -0.110. The van der Waals surface area contributed by atoms with Crippen molar-refractivity contribution in [3.05, 3.63) is 0 Å². The zero-order chi connectivity index (χ0) is 8.65. The van der Waals surface area contributed by atoms with Gasteiger partial charge in [-0.25, -0.2) is 4.39 Å². The topological polar surface area (TPSA) is 26.0 Å². The Balaban J connectivity index is 2.62. The first-order valence-corrected chi connectivity index (χ1v) is 4.32. The fraction of sp³-hybridized carbons (Fsp3) is 1.00. The van der Waals surface area contributed by atoms with Crippen LogP contribution in [-0.2, 0) is 0 Å². The lowest BCUT2D eigenvalue weighted by molar-refractivity contribution is 0.0782. The molecule has 0 spiro atoms. The second-order valence-corrected chi connectivity index (χ2v) is 4.64. The predicted octanol–water partition coefficient (Wildman–Crippen LogP) is 2.11. The maximum atomic E-state index is 13.2. The van der Waals surface area contributed by atoms with Crippen molar-refractivity contribution in [3.8, 4) is 0 Å². The molecule has 0 bridgehead atoms. The van der Waals surface area contributed by atoms with E-state index in [0.717, 1.165) is 6.42 Å². The molecular formula is C9H18FN. The van der Waals surface area contributed by atoms with Crippen molar-refractivity contribution in [2.24, 2.45) is 17.1 Å². The molecule has 2 N–H and O–H groups in total. The summed E-state index contributed by atoms with van der Waals surface area (Å²) < 4.78 is 13.2. The van der Waals surface area contributed by atoms with Gasteiger partial charge in [-0.1, -0.05) is 20.8 Å². The zero-order valence-corrected chi connectivity index (χ0v) is 7.60. The van der Waals surface area contributed by atoms with Crippen LogP contribution in [0.4, 0.5) is 4.39 Å². The van der Waals surface area contributed by atoms with Gasteiger partial charge in [-0.3, -0.25) is 0 Å². The molecular weight excluding hydrogens is 141 g/mol. The highest BCUT2D eigenvalue weighted by Gasteiger charge is 2.37. The maximum Gasteiger partial charge on any atom is 0.116 e. The molecule has 1 rings (SSSR count). The Morgan fingerprint density at radius 3 is 2.36 bits per heavy atom. The van der Waals surface area contributed by atoms with Crippen LogP contribution in [0.25, 0.3) is 0 Å². The lowest BCUT2D eigenvalue weighted by atomic mass is 9.70. The summed E-state index contributed by atoms with van der Waals surface area (Å²) in [4.78, 5) is 0. The summed E-state index contributed by atoms with van der Waals surface area (Å²) in [6.45, 7) is 6.27. The molecule has 0 aromatic carbocycles. The van der Waals surface area contributed by atoms with E-state index in [9.17, 15) is 4.39 Å². The Labute approximate surface area is 68.2 Å². The van der Waals surface area contributed by atoms with Gasteiger partial charge in [0.15, 0.2) is 0 Å². The third kappa shape index (κ3) is 1.92. The summed E-state index contributed by atoms with van der Waals surface area (Å²) in [5.74, 6) is 0.328. The molecule has 1 fully saturated rings. The van der Waals surface area contributed by atoms with Crippen molar-refractivity contribution in [1.82, 2.24) is 0 Å². The lowest BCUT2D eigenvalue weighted by Gasteiger charge is -2.39. The summed E-state index contributed by atoms with van der Waals surface area (Å²) in [7, 11) is 0. The van der Waals surface area contributed by atoms with Crippen LogP contribution in [0.1, 0.15) is 33.6 Å². The summed E-state index contributed by atoms with van der Waals surface area (Å²) in [6.07, 6.45) is 0.876. The average Bonchev–Trinajstić information content (AvgIpc) is 1.81. The molecule has 1 aliphatic rings. The highest BCUT2D eigenvalue weighted by atomic mass is 19.1. The molecule has 0 saturated heterocycles. The van der Waals surface area contributed by atoms with Gasteiger partial charge in [0.05, 0.1) is 0 Å². The minimum absolute atomic E-state index is 0.148. The molecule has 66 valence electrons. The van der Waals surface area contributed by atoms with Crippen LogP contribution >= 0.6 is 0 Å². The van der Waals surface area contributed by atoms with Crippen molar-refractivity contribution >= 4 is 0 Å². The Kier molecular flexibility index (Phi) is 2.24. The Morgan fingerprint density at radius 1 is 1.36 bits per heavy atom. The van der Waals surface area contributed by atoms with Crippen molar-refractivity contribution in [2.45, 2.75) is 45.8 Å². The maximum absolute atomic E-state index is 13.2. The van der Waals surface area contributed by atoms with E-state index in [-0.39, 0.29) is 11.5 Å². The van der Waals surface area contributed by atoms with E-state index in [4.69, 9.17) is 5.73 Å². The fourth-order valence-electron chi connectivity index (χ4n) is 2.11. The second-order valence-electron chi connectivity index (χ2n) is 4.64. The molecule has 0 aromatic rings. The van der Waals surface area contributed by atoms with Gasteiger partial charge in [0.2, 0.25) is 0 Å². The molecule has 1 nitrogen and oxygen atoms in total. The van der Waals surface area contributed by atoms with Gasteiger partial charge in [0.1, 0.15) is 6.17 Å². The first-order chi connectivity index (χ1) is 4.92. The molecule has 1 aliphatic carbocycles. The number of alkyl halides is 1. The molecule has 0 aliphatic heterocycles. The minimum atomic E-state index is -0.797. The van der Waals surface area contributed by atoms with Gasteiger partial charge < -0.3 is 5.73 Å². The second kappa shape index (κ2) is 2.74. The van der Waals surface area contributed by atoms with Crippen molar-refractivity contribution in [2.75, 3.05) is 0 Å². The zero-order valence-electron chi connectivity index (χ0n) is 7.60. The third-order valence-corrected chi connectivity index (χ3v) is 2.70. The molecule has 3 atom stereocenters. The SMILES string of the molecule is CC1CC(C)(C)CC(F)C1N. The summed E-state index contributed by atoms with van der Waals surface area (Å²) >= 11 is 0. The van der Waals surface area contributed by atoms with Gasteiger partial charge in [-0.15, -0.1) is 0 Å². The van der Waals surface area contributed by atoms with Crippen LogP contribution in [0.2, 0.25) is 0 Å². The first kappa shape index (κ1) is 8.98. The largest absolute Gasteiger partial charge is 0.325 e. The monoisotopic (exact) mass is 159 g/mol. The molecule has 0 amide bonds. The average molecular weight is 159 g/mol. The van der Waals surface area contributed by atoms with Crippen molar-refractivity contribution in [1.29, 1.82) is 0 Å². The molecule has 1 saturated carbocycles. The smallest absolute Gasteiger partial charge is 0.116 e. The van der Waals surface area contributed by atoms with Crippen LogP contribution < -0.4 is 5.73 Å². The van der Waals surface area contributed by atoms with Crippen molar-refractivity contribution in [3.63, 3.8) is 0 Å². The van der Waals surface area contributed by atoms with E-state index in [1.807, 2.05) is 6.92 Å². The van der Waals surface area contributed by atoms with Gasteiger partial charge >= 0.3 is 0 Å². The predicted molar refractivity (Wildman–Crippen MR) is 45.1 cm³/mol. The summed E-state index contributed by atoms with van der Waals surface area (Å²) in [6, 6.07) is -0.233. The van der Waals surface area contributed by atoms with E-state index in [1.165, 1.54) is 0 Å². The molecule has 2 heteroatoms. The molecule has 11 heavy (non-hydrogen) atoms. The van der Waals surface area contributed by atoms with Gasteiger partial charge in [-0.05, 0) is 24.2 Å². The highest BCUT2D eigenvalue weighted by Crippen LogP contribution is 2.39. The van der Waals surface area contributed by atoms with Crippen LogP contribution in [0.3, 0.4) is 0 Å². The van der Waals surface area contributed by atoms with Gasteiger partial charge in [-0.2, -0.15) is 0 Å². The molecule has 0 aromatic heterocycles. The van der Waals surface area contributed by atoms with E-state index in [2.05, 4.69) is 13.8 Å². The fourth-order valence-corrected chi connectivity index (χ4v) is 2.11. The lowest BCUT2D eigenvalue weighted by Crippen LogP contribution is -2.46. The third-order valence-electron chi connectivity index (χ3n) is 2.70. The normalized spacial score (nSPS) is 43.9. The van der Waals surface area contributed by atoms with Crippen LogP contribution in [0, 0.1) is 11.3 Å². The van der Waals surface area contributed by atoms with E-state index >= 15 is 0 Å². The van der Waals surface area contributed by atoms with E-state index < -0.39 is 6.17 Å². The van der Waals surface area contributed by atoms with Crippen molar-refractivity contribution < 1.29 is 4.39 Å². The first-order valence-electron chi connectivity index (χ1n) is 4.32. The number of hydrogen-bond donors (Lipinski definition) is 1. The molecule has 3 unspecified atom stereocenters. The van der Waals surface area contributed by atoms with Gasteiger partial charge in [0.25, 0.3) is 0 Å². The number of nitrogens with two attached hydrogens (primary N) is 1. The number of halogens is 1. The number of hydrogen-bond acceptors (Lipinski definition) is 1. The van der Waals surface area contributed by atoms with Crippen LogP contribution in [-0.4, -0.2) is 12.2 Å². The Morgan fingerprint density at radius 2 is 1.91 bits per heavy atom. The molecule has 0 heterocycles. The summed E-state index contributed by atoms with van der Waals surface area (Å²) in [5.41, 5.74) is 5.82. The molecule has 0 radical (unpaired) electrons. The standard InChI is InChI=1S/C9H18FN/c1-6-4-9(2,3)5-7(10)8(6)11/h6-8H,4-5,11H2,1-3H3. The highest BCUT2D eigenvalue weighted by molar-refractivity contribution is 4.90. The number of rotatable bonds is 0. The van der Waals surface area contributed by atoms with E-state index in [1.54, 1.807) is 0 Å². The quantitative estimate of drug-likeness (QED) is 0.575. The van der Waals surface area contributed by atoms with Gasteiger partial charge in [0, 0.05) is 6.04 Å². The minimum Gasteiger partial charge on any atom is -0.325 e. The summed E-state index contributed by atoms with van der Waals surface area (Å²) in [5, 5.41) is 0. The van der Waals surface area contributed by atoms with Crippen LogP contribution in [0.15, 0.2) is 0 Å². The van der Waals surface area contributed by atoms with Crippen LogP contribution in [0.5, 0.6) is 0 Å². The Bertz CT molecular complexity index is 130.